The number of carboxylic acids is 1. The van der Waals surface area contributed by atoms with Gasteiger partial charge in [0.15, 0.2) is 0 Å². The van der Waals surface area contributed by atoms with Crippen LogP contribution < -0.4 is 0 Å². The zero-order valence-electron chi connectivity index (χ0n) is 9.82. The van der Waals surface area contributed by atoms with Crippen LogP contribution in [-0.2, 0) is 9.53 Å². The highest BCUT2D eigenvalue weighted by Crippen LogP contribution is 2.25. The third-order valence-corrected chi connectivity index (χ3v) is 3.20. The Kier molecular flexibility index (Phi) is 4.11. The number of hydrogen-bond acceptors (Lipinski definition) is 3. The van der Waals surface area contributed by atoms with Crippen LogP contribution in [0.2, 0.25) is 0 Å². The minimum atomic E-state index is -0.738. The molecule has 1 heterocycles. The highest BCUT2D eigenvalue weighted by atomic mass is 16.5. The van der Waals surface area contributed by atoms with Crippen molar-refractivity contribution in [1.29, 1.82) is 0 Å². The number of morpholine rings is 1. The highest BCUT2D eigenvalue weighted by molar-refractivity contribution is 5.78. The summed E-state index contributed by atoms with van der Waals surface area (Å²) in [7, 11) is 0. The Morgan fingerprint density at radius 3 is 2.80 bits per heavy atom. The molecule has 0 aliphatic carbocycles. The average Bonchev–Trinajstić information content (AvgIpc) is 2.18. The molecular weight excluding hydrogens is 194 g/mol. The van der Waals surface area contributed by atoms with Crippen molar-refractivity contribution in [2.45, 2.75) is 45.2 Å². The lowest BCUT2D eigenvalue weighted by molar-refractivity contribution is -0.157. The Hall–Kier alpha value is -0.610. The van der Waals surface area contributed by atoms with Crippen molar-refractivity contribution in [2.24, 2.45) is 0 Å². The summed E-state index contributed by atoms with van der Waals surface area (Å²) in [4.78, 5) is 13.4. The minimum Gasteiger partial charge on any atom is -0.480 e. The molecule has 88 valence electrons. The number of nitrogens with zero attached hydrogens (tertiary/aromatic N) is 1. The molecule has 0 saturated carbocycles. The molecule has 4 heteroatoms. The summed E-state index contributed by atoms with van der Waals surface area (Å²) in [6, 6.07) is 0.186. The van der Waals surface area contributed by atoms with Gasteiger partial charge < -0.3 is 9.84 Å². The van der Waals surface area contributed by atoms with E-state index in [0.29, 0.717) is 26.2 Å². The second-order valence-electron chi connectivity index (χ2n) is 4.45. The molecule has 0 bridgehead atoms. The maximum absolute atomic E-state index is 11.4. The van der Waals surface area contributed by atoms with Crippen LogP contribution in [0, 0.1) is 0 Å². The molecule has 0 amide bonds. The van der Waals surface area contributed by atoms with Gasteiger partial charge in [0.2, 0.25) is 0 Å². The third-order valence-electron chi connectivity index (χ3n) is 3.20. The van der Waals surface area contributed by atoms with Crippen molar-refractivity contribution in [3.05, 3.63) is 0 Å². The molecule has 0 spiro atoms. The normalized spacial score (nSPS) is 27.3. The van der Waals surface area contributed by atoms with Crippen molar-refractivity contribution in [1.82, 2.24) is 4.90 Å². The molecule has 2 unspecified atom stereocenters. The van der Waals surface area contributed by atoms with E-state index in [4.69, 9.17) is 4.74 Å². The van der Waals surface area contributed by atoms with Gasteiger partial charge in [-0.2, -0.15) is 0 Å². The number of carbonyl (C=O) groups is 1. The molecule has 1 rings (SSSR count). The molecule has 0 aromatic rings. The van der Waals surface area contributed by atoms with Gasteiger partial charge in [-0.15, -0.1) is 0 Å². The maximum Gasteiger partial charge on any atom is 0.323 e. The van der Waals surface area contributed by atoms with Gasteiger partial charge >= 0.3 is 5.97 Å². The zero-order chi connectivity index (χ0) is 11.5. The second-order valence-corrected chi connectivity index (χ2v) is 4.45. The molecule has 1 saturated heterocycles. The lowest BCUT2D eigenvalue weighted by Crippen LogP contribution is -2.59. The molecule has 1 N–H and O–H groups in total. The molecule has 2 atom stereocenters. The molecule has 1 aliphatic rings. The Morgan fingerprint density at radius 1 is 1.67 bits per heavy atom. The van der Waals surface area contributed by atoms with E-state index in [1.165, 1.54) is 0 Å². The van der Waals surface area contributed by atoms with E-state index < -0.39 is 11.5 Å². The van der Waals surface area contributed by atoms with Crippen LogP contribution in [0.3, 0.4) is 0 Å². The monoisotopic (exact) mass is 215 g/mol. The standard InChI is InChI=1S/C11H21NO3/c1-4-5-11(3,10(13)14)12-6-7-15-8-9(12)2/h9H,4-8H2,1-3H3,(H,13,14). The summed E-state index contributed by atoms with van der Waals surface area (Å²) < 4.78 is 5.33. The first-order chi connectivity index (χ1) is 7.02. The van der Waals surface area contributed by atoms with Gasteiger partial charge in [-0.05, 0) is 20.3 Å². The Balaban J connectivity index is 2.82. The number of aliphatic carboxylic acids is 1. The smallest absolute Gasteiger partial charge is 0.323 e. The fourth-order valence-corrected chi connectivity index (χ4v) is 2.32. The van der Waals surface area contributed by atoms with Crippen molar-refractivity contribution in [3.8, 4) is 0 Å². The Morgan fingerprint density at radius 2 is 2.33 bits per heavy atom. The first-order valence-corrected chi connectivity index (χ1v) is 5.60. The highest BCUT2D eigenvalue weighted by Gasteiger charge is 2.41. The summed E-state index contributed by atoms with van der Waals surface area (Å²) in [6.45, 7) is 7.84. The number of rotatable bonds is 4. The van der Waals surface area contributed by atoms with Crippen molar-refractivity contribution in [2.75, 3.05) is 19.8 Å². The van der Waals surface area contributed by atoms with E-state index in [-0.39, 0.29) is 6.04 Å². The average molecular weight is 215 g/mol. The van der Waals surface area contributed by atoms with E-state index in [2.05, 4.69) is 4.90 Å². The number of ether oxygens (including phenoxy) is 1. The second kappa shape index (κ2) is 4.94. The molecule has 0 aromatic carbocycles. The van der Waals surface area contributed by atoms with E-state index in [1.807, 2.05) is 20.8 Å². The predicted octanol–water partition coefficient (Wildman–Crippen LogP) is 1.35. The van der Waals surface area contributed by atoms with Gasteiger partial charge in [-0.25, -0.2) is 0 Å². The molecule has 0 aromatic heterocycles. The molecule has 1 fully saturated rings. The van der Waals surface area contributed by atoms with Crippen LogP contribution in [0.15, 0.2) is 0 Å². The van der Waals surface area contributed by atoms with Gasteiger partial charge in [0.1, 0.15) is 5.54 Å². The summed E-state index contributed by atoms with van der Waals surface area (Å²) >= 11 is 0. The predicted molar refractivity (Wildman–Crippen MR) is 57.9 cm³/mol. The van der Waals surface area contributed by atoms with Crippen LogP contribution in [-0.4, -0.2) is 47.3 Å². The molecule has 4 nitrogen and oxygen atoms in total. The first kappa shape index (κ1) is 12.5. The van der Waals surface area contributed by atoms with Crippen LogP contribution in [0.1, 0.15) is 33.6 Å². The van der Waals surface area contributed by atoms with Crippen LogP contribution >= 0.6 is 0 Å². The summed E-state index contributed by atoms with van der Waals surface area (Å²) in [5.74, 6) is -0.724. The largest absolute Gasteiger partial charge is 0.480 e. The lowest BCUT2D eigenvalue weighted by atomic mass is 9.92. The molecule has 0 radical (unpaired) electrons. The summed E-state index contributed by atoms with van der Waals surface area (Å²) in [5.41, 5.74) is -0.738. The molecule has 15 heavy (non-hydrogen) atoms. The number of hydrogen-bond donors (Lipinski definition) is 1. The SMILES string of the molecule is CCCC(C)(C(=O)O)N1CCOCC1C. The number of carboxylic acid groups (broad SMARTS) is 1. The maximum atomic E-state index is 11.4. The van der Waals surface area contributed by atoms with Crippen molar-refractivity contribution in [3.63, 3.8) is 0 Å². The van der Waals surface area contributed by atoms with Crippen LogP contribution in [0.4, 0.5) is 0 Å². The van der Waals surface area contributed by atoms with Gasteiger partial charge in [-0.1, -0.05) is 13.3 Å². The fraction of sp³-hybridized carbons (Fsp3) is 0.909. The van der Waals surface area contributed by atoms with Gasteiger partial charge in [0.25, 0.3) is 0 Å². The van der Waals surface area contributed by atoms with Crippen molar-refractivity contribution < 1.29 is 14.6 Å². The topological polar surface area (TPSA) is 49.8 Å². The van der Waals surface area contributed by atoms with Crippen LogP contribution in [0.5, 0.6) is 0 Å². The van der Waals surface area contributed by atoms with E-state index in [9.17, 15) is 9.90 Å². The Labute approximate surface area is 91.2 Å². The van der Waals surface area contributed by atoms with Gasteiger partial charge in [0, 0.05) is 12.6 Å². The first-order valence-electron chi connectivity index (χ1n) is 5.60. The zero-order valence-corrected chi connectivity index (χ0v) is 9.82. The summed E-state index contributed by atoms with van der Waals surface area (Å²) in [5, 5.41) is 9.35. The quantitative estimate of drug-likeness (QED) is 0.769. The van der Waals surface area contributed by atoms with Crippen LogP contribution in [0.25, 0.3) is 0 Å². The van der Waals surface area contributed by atoms with E-state index >= 15 is 0 Å². The Bertz CT molecular complexity index is 232. The lowest BCUT2D eigenvalue weighted by Gasteiger charge is -2.44. The summed E-state index contributed by atoms with van der Waals surface area (Å²) in [6.07, 6.45) is 1.57. The van der Waals surface area contributed by atoms with Gasteiger partial charge in [0.05, 0.1) is 13.2 Å². The molecular formula is C11H21NO3. The van der Waals surface area contributed by atoms with E-state index in [1.54, 1.807) is 0 Å². The molecule has 1 aliphatic heterocycles. The third kappa shape index (κ3) is 2.49. The fourth-order valence-electron chi connectivity index (χ4n) is 2.32. The van der Waals surface area contributed by atoms with E-state index in [0.717, 1.165) is 6.42 Å². The van der Waals surface area contributed by atoms with Crippen molar-refractivity contribution >= 4 is 5.97 Å². The van der Waals surface area contributed by atoms with Gasteiger partial charge in [-0.3, -0.25) is 9.69 Å². The minimum absolute atomic E-state index is 0.186.